The van der Waals surface area contributed by atoms with E-state index in [0.29, 0.717) is 12.1 Å². The number of hydrogen-bond donors (Lipinski definition) is 0. The fourth-order valence-corrected chi connectivity index (χ4v) is 3.97. The minimum Gasteiger partial charge on any atom is -0.496 e. The van der Waals surface area contributed by atoms with Crippen LogP contribution >= 0.6 is 0 Å². The molecule has 1 heterocycles. The summed E-state index contributed by atoms with van der Waals surface area (Å²) < 4.78 is 10.9. The molecule has 1 fully saturated rings. The van der Waals surface area contributed by atoms with Gasteiger partial charge >= 0.3 is 5.63 Å². The van der Waals surface area contributed by atoms with E-state index in [-0.39, 0.29) is 17.5 Å². The summed E-state index contributed by atoms with van der Waals surface area (Å²) in [6.45, 7) is 0.403. The Balaban J connectivity index is 1.73. The summed E-state index contributed by atoms with van der Waals surface area (Å²) in [7, 11) is 1.62. The van der Waals surface area contributed by atoms with Crippen LogP contribution in [-0.4, -0.2) is 24.0 Å². The molecule has 0 saturated heterocycles. The lowest BCUT2D eigenvalue weighted by molar-refractivity contribution is 0.0659. The van der Waals surface area contributed by atoms with Crippen LogP contribution in [0.4, 0.5) is 0 Å². The first-order valence-electron chi connectivity index (χ1n) is 9.63. The molecule has 3 aromatic rings. The van der Waals surface area contributed by atoms with Crippen molar-refractivity contribution in [2.75, 3.05) is 7.11 Å². The van der Waals surface area contributed by atoms with Crippen molar-refractivity contribution in [3.05, 3.63) is 76.1 Å². The van der Waals surface area contributed by atoms with Gasteiger partial charge in [0.25, 0.3) is 5.91 Å². The van der Waals surface area contributed by atoms with Crippen molar-refractivity contribution in [3.8, 4) is 5.75 Å². The Kier molecular flexibility index (Phi) is 5.15. The van der Waals surface area contributed by atoms with E-state index in [0.717, 1.165) is 42.4 Å². The van der Waals surface area contributed by atoms with Gasteiger partial charge in [0.05, 0.1) is 7.11 Å². The number of amides is 1. The van der Waals surface area contributed by atoms with E-state index in [4.69, 9.17) is 9.15 Å². The molecule has 1 saturated carbocycles. The Morgan fingerprint density at radius 3 is 2.61 bits per heavy atom. The fraction of sp³-hybridized carbons (Fsp3) is 0.304. The van der Waals surface area contributed by atoms with Gasteiger partial charge in [-0.25, -0.2) is 4.79 Å². The number of methoxy groups -OCH3 is 1. The maximum Gasteiger partial charge on any atom is 0.349 e. The number of nitrogens with zero attached hydrogens (tertiary/aromatic N) is 1. The van der Waals surface area contributed by atoms with Crippen molar-refractivity contribution in [3.63, 3.8) is 0 Å². The fourth-order valence-electron chi connectivity index (χ4n) is 3.97. The molecule has 144 valence electrons. The third kappa shape index (κ3) is 3.52. The van der Waals surface area contributed by atoms with Crippen LogP contribution in [0.1, 0.15) is 41.6 Å². The van der Waals surface area contributed by atoms with Crippen molar-refractivity contribution < 1.29 is 13.9 Å². The molecule has 1 aliphatic carbocycles. The van der Waals surface area contributed by atoms with Gasteiger partial charge in [-0.2, -0.15) is 0 Å². The topological polar surface area (TPSA) is 59.8 Å². The van der Waals surface area contributed by atoms with E-state index in [1.54, 1.807) is 25.3 Å². The number of para-hydroxylation sites is 2. The molecule has 1 aliphatic rings. The predicted molar refractivity (Wildman–Crippen MR) is 108 cm³/mol. The third-order valence-corrected chi connectivity index (χ3v) is 5.43. The summed E-state index contributed by atoms with van der Waals surface area (Å²) in [5, 5.41) is 0.745. The Bertz CT molecular complexity index is 1050. The average molecular weight is 377 g/mol. The van der Waals surface area contributed by atoms with Gasteiger partial charge in [0.15, 0.2) is 0 Å². The van der Waals surface area contributed by atoms with E-state index in [2.05, 4.69) is 0 Å². The number of hydrogen-bond acceptors (Lipinski definition) is 4. The van der Waals surface area contributed by atoms with Gasteiger partial charge in [0.1, 0.15) is 16.9 Å². The van der Waals surface area contributed by atoms with Gasteiger partial charge in [-0.1, -0.05) is 49.2 Å². The van der Waals surface area contributed by atoms with Crippen LogP contribution in [0.25, 0.3) is 11.0 Å². The van der Waals surface area contributed by atoms with Crippen molar-refractivity contribution in [2.45, 2.75) is 38.3 Å². The van der Waals surface area contributed by atoms with Crippen LogP contribution in [0.3, 0.4) is 0 Å². The normalized spacial score (nSPS) is 14.3. The Labute approximate surface area is 163 Å². The number of ether oxygens (including phenoxy) is 1. The molecular formula is C23H23NO4. The van der Waals surface area contributed by atoms with Crippen LogP contribution in [0.15, 0.2) is 63.8 Å². The molecule has 0 unspecified atom stereocenters. The Morgan fingerprint density at radius 1 is 1.11 bits per heavy atom. The van der Waals surface area contributed by atoms with E-state index >= 15 is 0 Å². The molecule has 0 atom stereocenters. The summed E-state index contributed by atoms with van der Waals surface area (Å²) in [6, 6.07) is 16.7. The first-order chi connectivity index (χ1) is 13.7. The number of benzene rings is 2. The van der Waals surface area contributed by atoms with E-state index in [9.17, 15) is 9.59 Å². The van der Waals surface area contributed by atoms with E-state index in [1.807, 2.05) is 41.3 Å². The smallest absolute Gasteiger partial charge is 0.349 e. The van der Waals surface area contributed by atoms with Crippen molar-refractivity contribution >= 4 is 16.9 Å². The standard InChI is InChI=1S/C23H23NO4/c1-27-20-12-6-3-9-17(20)15-24(18-10-4-5-11-18)22(25)19-14-16-8-2-7-13-21(16)28-23(19)26/h2-3,6-9,12-14,18H,4-5,10-11,15H2,1H3. The summed E-state index contributed by atoms with van der Waals surface area (Å²) in [5.41, 5.74) is 0.906. The Morgan fingerprint density at radius 2 is 1.82 bits per heavy atom. The molecule has 0 radical (unpaired) electrons. The number of rotatable bonds is 5. The quantitative estimate of drug-likeness (QED) is 0.619. The van der Waals surface area contributed by atoms with Crippen LogP contribution in [-0.2, 0) is 6.54 Å². The van der Waals surface area contributed by atoms with Crippen LogP contribution < -0.4 is 10.4 Å². The lowest BCUT2D eigenvalue weighted by Crippen LogP contribution is -2.40. The van der Waals surface area contributed by atoms with E-state index < -0.39 is 5.63 Å². The van der Waals surface area contributed by atoms with Crippen LogP contribution in [0, 0.1) is 0 Å². The molecule has 0 spiro atoms. The maximum absolute atomic E-state index is 13.4. The Hall–Kier alpha value is -3.08. The van der Waals surface area contributed by atoms with Crippen molar-refractivity contribution in [2.24, 2.45) is 0 Å². The molecule has 5 nitrogen and oxygen atoms in total. The largest absolute Gasteiger partial charge is 0.496 e. The molecule has 1 aromatic heterocycles. The molecule has 4 rings (SSSR count). The van der Waals surface area contributed by atoms with Crippen LogP contribution in [0.5, 0.6) is 5.75 Å². The summed E-state index contributed by atoms with van der Waals surface area (Å²) >= 11 is 0. The minimum absolute atomic E-state index is 0.0838. The second kappa shape index (κ2) is 7.89. The molecule has 0 N–H and O–H groups in total. The second-order valence-corrected chi connectivity index (χ2v) is 7.17. The number of carbonyl (C=O) groups excluding carboxylic acids is 1. The predicted octanol–water partition coefficient (Wildman–Crippen LogP) is 4.39. The lowest BCUT2D eigenvalue weighted by Gasteiger charge is -2.29. The molecule has 28 heavy (non-hydrogen) atoms. The number of carbonyl (C=O) groups is 1. The van der Waals surface area contributed by atoms with Gasteiger partial charge in [0.2, 0.25) is 0 Å². The summed E-state index contributed by atoms with van der Waals surface area (Å²) in [5.74, 6) is 0.459. The van der Waals surface area contributed by atoms with Gasteiger partial charge < -0.3 is 14.1 Å². The van der Waals surface area contributed by atoms with Crippen molar-refractivity contribution in [1.82, 2.24) is 4.90 Å². The molecule has 5 heteroatoms. The highest BCUT2D eigenvalue weighted by Gasteiger charge is 2.30. The minimum atomic E-state index is -0.591. The average Bonchev–Trinajstić information content (AvgIpc) is 3.25. The SMILES string of the molecule is COc1ccccc1CN(C(=O)c1cc2ccccc2oc1=O)C1CCCC1. The first kappa shape index (κ1) is 18.3. The zero-order valence-corrected chi connectivity index (χ0v) is 15.9. The first-order valence-corrected chi connectivity index (χ1v) is 9.63. The molecular weight excluding hydrogens is 354 g/mol. The highest BCUT2D eigenvalue weighted by Crippen LogP contribution is 2.29. The summed E-state index contributed by atoms with van der Waals surface area (Å²) in [6.07, 6.45) is 4.07. The van der Waals surface area contributed by atoms with Gasteiger partial charge in [0, 0.05) is 23.5 Å². The molecule has 2 aromatic carbocycles. The van der Waals surface area contributed by atoms with Gasteiger partial charge in [-0.05, 0) is 31.0 Å². The highest BCUT2D eigenvalue weighted by atomic mass is 16.5. The molecule has 0 aliphatic heterocycles. The van der Waals surface area contributed by atoms with E-state index in [1.165, 1.54) is 0 Å². The monoisotopic (exact) mass is 377 g/mol. The van der Waals surface area contributed by atoms with Gasteiger partial charge in [-0.3, -0.25) is 4.79 Å². The number of fused-ring (bicyclic) bond motifs is 1. The lowest BCUT2D eigenvalue weighted by atomic mass is 10.1. The third-order valence-electron chi connectivity index (χ3n) is 5.43. The highest BCUT2D eigenvalue weighted by molar-refractivity contribution is 5.96. The second-order valence-electron chi connectivity index (χ2n) is 7.17. The van der Waals surface area contributed by atoms with Crippen molar-refractivity contribution in [1.29, 1.82) is 0 Å². The zero-order valence-electron chi connectivity index (χ0n) is 15.9. The maximum atomic E-state index is 13.4. The molecule has 0 bridgehead atoms. The van der Waals surface area contributed by atoms with Crippen LogP contribution in [0.2, 0.25) is 0 Å². The van der Waals surface area contributed by atoms with Gasteiger partial charge in [-0.15, -0.1) is 0 Å². The zero-order chi connectivity index (χ0) is 19.5. The summed E-state index contributed by atoms with van der Waals surface area (Å²) in [4.78, 5) is 27.8. The molecule has 1 amide bonds.